The van der Waals surface area contributed by atoms with Crippen molar-refractivity contribution in [1.82, 2.24) is 4.90 Å². The van der Waals surface area contributed by atoms with Crippen LogP contribution in [0.5, 0.6) is 0 Å². The molecule has 1 amide bonds. The largest absolute Gasteiger partial charge is 0.394 e. The van der Waals surface area contributed by atoms with Crippen molar-refractivity contribution in [1.29, 1.82) is 0 Å². The number of carbonyl (C=O) groups excluding carboxylic acids is 1. The van der Waals surface area contributed by atoms with E-state index in [1.54, 1.807) is 5.92 Å². The lowest BCUT2D eigenvalue weighted by molar-refractivity contribution is -0.127. The van der Waals surface area contributed by atoms with Gasteiger partial charge in [0.1, 0.15) is 0 Å². The Morgan fingerprint density at radius 3 is 2.85 bits per heavy atom. The van der Waals surface area contributed by atoms with Crippen LogP contribution in [0.1, 0.15) is 6.42 Å². The maximum absolute atomic E-state index is 12.8. The molecule has 1 aliphatic rings. The molecule has 1 aliphatic heterocycles. The van der Waals surface area contributed by atoms with Gasteiger partial charge in [0.2, 0.25) is 0 Å². The Morgan fingerprint density at radius 1 is 1.77 bits per heavy atom. The summed E-state index contributed by atoms with van der Waals surface area (Å²) in [5.74, 6) is -1.97. The number of hydrogen-bond acceptors (Lipinski definition) is 2. The van der Waals surface area contributed by atoms with E-state index in [-0.39, 0.29) is 0 Å². The first kappa shape index (κ1) is 9.93. The van der Waals surface area contributed by atoms with Crippen LogP contribution < -0.4 is 0 Å². The van der Waals surface area contributed by atoms with E-state index >= 15 is 0 Å². The van der Waals surface area contributed by atoms with Crippen molar-refractivity contribution in [3.05, 3.63) is 0 Å². The van der Waals surface area contributed by atoms with Crippen LogP contribution in [-0.4, -0.2) is 41.0 Å². The number of alkyl halides is 2. The molecule has 5 heteroatoms. The van der Waals surface area contributed by atoms with Gasteiger partial charge in [0.05, 0.1) is 19.2 Å². The van der Waals surface area contributed by atoms with E-state index in [9.17, 15) is 13.6 Å². The molecule has 3 nitrogen and oxygen atoms in total. The number of halogens is 2. The lowest BCUT2D eigenvalue weighted by Gasteiger charge is -2.18. The number of hydrogen-bond donors (Lipinski definition) is 1. The van der Waals surface area contributed by atoms with Gasteiger partial charge in [0.15, 0.2) is 0 Å². The molecule has 0 aromatic heterocycles. The fraction of sp³-hybridized carbons (Fsp3) is 0.625. The number of carbonyl (C=O) groups is 1. The third-order valence-corrected chi connectivity index (χ3v) is 1.97. The predicted molar refractivity (Wildman–Crippen MR) is 41.0 cm³/mol. The van der Waals surface area contributed by atoms with Crippen LogP contribution in [0, 0.1) is 12.3 Å². The van der Waals surface area contributed by atoms with E-state index in [1.165, 1.54) is 0 Å². The van der Waals surface area contributed by atoms with Crippen LogP contribution in [0.3, 0.4) is 0 Å². The molecule has 0 aromatic rings. The molecule has 0 bridgehead atoms. The number of likely N-dealkylation sites (tertiary alicyclic amines) is 1. The van der Waals surface area contributed by atoms with Crippen LogP contribution in [-0.2, 0) is 4.79 Å². The van der Waals surface area contributed by atoms with Gasteiger partial charge in [-0.3, -0.25) is 4.79 Å². The molecule has 0 aromatic carbocycles. The maximum atomic E-state index is 12.8. The van der Waals surface area contributed by atoms with Crippen LogP contribution in [0.15, 0.2) is 0 Å². The van der Waals surface area contributed by atoms with Gasteiger partial charge in [-0.15, -0.1) is 6.42 Å². The van der Waals surface area contributed by atoms with Crippen molar-refractivity contribution in [3.8, 4) is 12.3 Å². The maximum Gasteiger partial charge on any atom is 0.298 e. The minimum atomic E-state index is -2.93. The smallest absolute Gasteiger partial charge is 0.298 e. The molecule has 1 saturated heterocycles. The second-order valence-electron chi connectivity index (χ2n) is 2.97. The summed E-state index contributed by atoms with van der Waals surface area (Å²) in [6.45, 7) is -1.18. The molecule has 1 N–H and O–H groups in total. The zero-order chi connectivity index (χ0) is 10.1. The van der Waals surface area contributed by atoms with Gasteiger partial charge < -0.3 is 10.0 Å². The Balaban J connectivity index is 2.76. The van der Waals surface area contributed by atoms with E-state index < -0.39 is 37.4 Å². The highest BCUT2D eigenvalue weighted by Gasteiger charge is 2.46. The molecule has 0 saturated carbocycles. The summed E-state index contributed by atoms with van der Waals surface area (Å²) in [6.07, 6.45) is 4.27. The second-order valence-corrected chi connectivity index (χ2v) is 2.97. The van der Waals surface area contributed by atoms with Crippen LogP contribution >= 0.6 is 0 Å². The molecule has 1 rings (SSSR count). The van der Waals surface area contributed by atoms with Crippen molar-refractivity contribution >= 4 is 5.91 Å². The number of aliphatic hydroxyl groups is 1. The highest BCUT2D eigenvalue weighted by atomic mass is 19.3. The molecular formula is C8H9F2NO2. The van der Waals surface area contributed by atoms with Gasteiger partial charge >= 0.3 is 0 Å². The Morgan fingerprint density at radius 2 is 2.38 bits per heavy atom. The van der Waals surface area contributed by atoms with Crippen LogP contribution in [0.2, 0.25) is 0 Å². The standard InChI is InChI=1S/C8H9F2NO2/c1-2-7(13)11-5-8(9,10)3-6(11)4-12/h1,6,12H,3-5H2. The number of terminal acetylenes is 1. The predicted octanol–water partition coefficient (Wildman–Crippen LogP) is -0.152. The molecule has 72 valence electrons. The van der Waals surface area contributed by atoms with Crippen molar-refractivity contribution in [2.45, 2.75) is 18.4 Å². The summed E-state index contributed by atoms with van der Waals surface area (Å²) in [7, 11) is 0. The first-order chi connectivity index (χ1) is 6.00. The Bertz CT molecular complexity index is 259. The summed E-state index contributed by atoms with van der Waals surface area (Å²) in [6, 6.07) is -0.849. The van der Waals surface area contributed by atoms with Gasteiger partial charge in [-0.2, -0.15) is 0 Å². The third-order valence-electron chi connectivity index (χ3n) is 1.97. The first-order valence-electron chi connectivity index (χ1n) is 3.76. The quantitative estimate of drug-likeness (QED) is 0.583. The summed E-state index contributed by atoms with van der Waals surface area (Å²) in [4.78, 5) is 11.7. The second kappa shape index (κ2) is 3.30. The summed E-state index contributed by atoms with van der Waals surface area (Å²) < 4.78 is 25.5. The Hall–Kier alpha value is -1.15. The molecule has 0 spiro atoms. The van der Waals surface area contributed by atoms with Gasteiger partial charge in [-0.25, -0.2) is 8.78 Å². The molecule has 0 radical (unpaired) electrons. The fourth-order valence-corrected chi connectivity index (χ4v) is 1.38. The number of rotatable bonds is 1. The topological polar surface area (TPSA) is 40.5 Å². The molecule has 0 aliphatic carbocycles. The minimum Gasteiger partial charge on any atom is -0.394 e. The van der Waals surface area contributed by atoms with Gasteiger partial charge in [-0.05, 0) is 5.92 Å². The number of amides is 1. The first-order valence-corrected chi connectivity index (χ1v) is 3.76. The lowest BCUT2D eigenvalue weighted by Crippen LogP contribution is -2.37. The van der Waals surface area contributed by atoms with E-state index in [2.05, 4.69) is 0 Å². The zero-order valence-electron chi connectivity index (χ0n) is 6.83. The summed E-state index contributed by atoms with van der Waals surface area (Å²) in [5, 5.41) is 8.72. The number of aliphatic hydroxyl groups excluding tert-OH is 1. The Kier molecular flexibility index (Phi) is 2.52. The van der Waals surface area contributed by atoms with E-state index in [0.717, 1.165) is 4.90 Å². The highest BCUT2D eigenvalue weighted by molar-refractivity contribution is 5.93. The molecule has 1 atom stereocenters. The molecule has 13 heavy (non-hydrogen) atoms. The van der Waals surface area contributed by atoms with E-state index in [0.29, 0.717) is 0 Å². The summed E-state index contributed by atoms with van der Waals surface area (Å²) >= 11 is 0. The highest BCUT2D eigenvalue weighted by Crippen LogP contribution is 2.31. The number of nitrogens with zero attached hydrogens (tertiary/aromatic N) is 1. The fourth-order valence-electron chi connectivity index (χ4n) is 1.38. The monoisotopic (exact) mass is 189 g/mol. The normalized spacial score (nSPS) is 25.7. The van der Waals surface area contributed by atoms with Crippen molar-refractivity contribution < 1.29 is 18.7 Å². The van der Waals surface area contributed by atoms with Crippen LogP contribution in [0.4, 0.5) is 8.78 Å². The van der Waals surface area contributed by atoms with E-state index in [4.69, 9.17) is 11.5 Å². The van der Waals surface area contributed by atoms with Crippen molar-refractivity contribution in [2.75, 3.05) is 13.2 Å². The average Bonchev–Trinajstić information content (AvgIpc) is 2.39. The van der Waals surface area contributed by atoms with E-state index in [1.807, 2.05) is 0 Å². The Labute approximate surface area is 74.3 Å². The molecule has 1 fully saturated rings. The minimum absolute atomic E-state index is 0.483. The zero-order valence-corrected chi connectivity index (χ0v) is 6.83. The molecule has 1 heterocycles. The third kappa shape index (κ3) is 1.95. The molecule has 1 unspecified atom stereocenters. The van der Waals surface area contributed by atoms with Crippen molar-refractivity contribution in [3.63, 3.8) is 0 Å². The molecular weight excluding hydrogens is 180 g/mol. The van der Waals surface area contributed by atoms with Gasteiger partial charge in [-0.1, -0.05) is 0 Å². The SMILES string of the molecule is C#CC(=O)N1CC(F)(F)CC1CO. The van der Waals surface area contributed by atoms with Crippen LogP contribution in [0.25, 0.3) is 0 Å². The average molecular weight is 189 g/mol. The summed E-state index contributed by atoms with van der Waals surface area (Å²) in [5.41, 5.74) is 0. The lowest BCUT2D eigenvalue weighted by atomic mass is 10.2. The van der Waals surface area contributed by atoms with Crippen molar-refractivity contribution in [2.24, 2.45) is 0 Å². The van der Waals surface area contributed by atoms with Gasteiger partial charge in [0, 0.05) is 6.42 Å². The van der Waals surface area contributed by atoms with Gasteiger partial charge in [0.25, 0.3) is 11.8 Å².